The summed E-state index contributed by atoms with van der Waals surface area (Å²) in [5.74, 6) is 1.37. The monoisotopic (exact) mass is 261 g/mol. The first-order valence-corrected chi connectivity index (χ1v) is 6.87. The lowest BCUT2D eigenvalue weighted by atomic mass is 9.95. The predicted octanol–water partition coefficient (Wildman–Crippen LogP) is 3.70. The van der Waals surface area contributed by atoms with Gasteiger partial charge in [-0.05, 0) is 19.9 Å². The van der Waals surface area contributed by atoms with E-state index in [1.165, 1.54) is 4.88 Å². The van der Waals surface area contributed by atoms with Crippen LogP contribution in [0.4, 0.5) is 5.82 Å². The number of nitrogens with zero attached hydrogens (tertiary/aromatic N) is 2. The lowest BCUT2D eigenvalue weighted by Crippen LogP contribution is -2.18. The number of hydrogen-bond acceptors (Lipinski definition) is 4. The molecule has 0 aliphatic carbocycles. The summed E-state index contributed by atoms with van der Waals surface area (Å²) in [5, 5.41) is 2.12. The molecule has 0 radical (unpaired) electrons. The van der Waals surface area contributed by atoms with Crippen molar-refractivity contribution in [1.82, 2.24) is 9.97 Å². The van der Waals surface area contributed by atoms with Crippen LogP contribution in [0.1, 0.15) is 37.0 Å². The van der Waals surface area contributed by atoms with Gasteiger partial charge >= 0.3 is 0 Å². The largest absolute Gasteiger partial charge is 0.383 e. The maximum Gasteiger partial charge on any atom is 0.136 e. The van der Waals surface area contributed by atoms with Crippen LogP contribution < -0.4 is 5.73 Å². The van der Waals surface area contributed by atoms with E-state index in [1.807, 2.05) is 6.92 Å². The van der Waals surface area contributed by atoms with Gasteiger partial charge in [0.2, 0.25) is 0 Å². The molecule has 2 heterocycles. The number of nitrogens with two attached hydrogens (primary N) is 1. The van der Waals surface area contributed by atoms with Gasteiger partial charge in [0.15, 0.2) is 0 Å². The lowest BCUT2D eigenvalue weighted by Gasteiger charge is -2.19. The van der Waals surface area contributed by atoms with E-state index >= 15 is 0 Å². The third kappa shape index (κ3) is 2.38. The first-order valence-electron chi connectivity index (χ1n) is 5.99. The Hall–Kier alpha value is -1.42. The predicted molar refractivity (Wildman–Crippen MR) is 77.9 cm³/mol. The molecule has 0 aromatic carbocycles. The number of aryl methyl sites for hydroxylation is 1. The van der Waals surface area contributed by atoms with Crippen LogP contribution in [0.3, 0.4) is 0 Å². The van der Waals surface area contributed by atoms with Gasteiger partial charge in [0.05, 0.1) is 5.69 Å². The molecule has 2 aromatic heterocycles. The molecule has 0 saturated carbocycles. The fourth-order valence-corrected chi connectivity index (χ4v) is 2.41. The minimum atomic E-state index is -0.0956. The molecule has 2 N–H and O–H groups in total. The third-order valence-electron chi connectivity index (χ3n) is 2.86. The van der Waals surface area contributed by atoms with E-state index in [-0.39, 0.29) is 5.41 Å². The van der Waals surface area contributed by atoms with Gasteiger partial charge in [-0.1, -0.05) is 20.8 Å². The molecule has 3 nitrogen and oxygen atoms in total. The molecule has 0 amide bonds. The number of thiophene rings is 1. The quantitative estimate of drug-likeness (QED) is 0.851. The maximum atomic E-state index is 6.01. The average molecular weight is 261 g/mol. The highest BCUT2D eigenvalue weighted by molar-refractivity contribution is 7.10. The Morgan fingerprint density at radius 3 is 2.33 bits per heavy atom. The van der Waals surface area contributed by atoms with Crippen molar-refractivity contribution in [2.24, 2.45) is 0 Å². The molecule has 2 aromatic rings. The zero-order chi connectivity index (χ0) is 13.5. The fourth-order valence-electron chi connectivity index (χ4n) is 1.72. The van der Waals surface area contributed by atoms with E-state index in [4.69, 9.17) is 10.7 Å². The van der Waals surface area contributed by atoms with Crippen molar-refractivity contribution in [3.63, 3.8) is 0 Å². The van der Waals surface area contributed by atoms with E-state index in [0.717, 1.165) is 22.6 Å². The molecule has 0 unspecified atom stereocenters. The number of hydrogen-bond donors (Lipinski definition) is 1. The van der Waals surface area contributed by atoms with Gasteiger partial charge in [-0.15, -0.1) is 11.3 Å². The van der Waals surface area contributed by atoms with Crippen molar-refractivity contribution in [2.75, 3.05) is 5.73 Å². The number of anilines is 1. The van der Waals surface area contributed by atoms with E-state index < -0.39 is 0 Å². The van der Waals surface area contributed by atoms with Crippen LogP contribution in [0.25, 0.3) is 11.3 Å². The standard InChI is InChI=1S/C14H19N3S/c1-8-6-10(7-18-8)11-9(2)12(15)17-13(16-11)14(3,4)5/h6-7H,1-5H3,(H2,15,16,17). The zero-order valence-corrected chi connectivity index (χ0v) is 12.4. The number of nitrogen functional groups attached to an aromatic ring is 1. The zero-order valence-electron chi connectivity index (χ0n) is 11.5. The van der Waals surface area contributed by atoms with Crippen molar-refractivity contribution in [3.05, 3.63) is 27.7 Å². The summed E-state index contributed by atoms with van der Waals surface area (Å²) in [6.45, 7) is 10.4. The first-order chi connectivity index (χ1) is 8.29. The van der Waals surface area contributed by atoms with Crippen LogP contribution >= 0.6 is 11.3 Å². The average Bonchev–Trinajstić information content (AvgIpc) is 2.67. The Morgan fingerprint density at radius 1 is 1.17 bits per heavy atom. The van der Waals surface area contributed by atoms with Crippen molar-refractivity contribution in [1.29, 1.82) is 0 Å². The van der Waals surface area contributed by atoms with Crippen LogP contribution in [-0.2, 0) is 5.41 Å². The van der Waals surface area contributed by atoms with Crippen LogP contribution in [0.5, 0.6) is 0 Å². The number of rotatable bonds is 1. The van der Waals surface area contributed by atoms with E-state index in [0.29, 0.717) is 5.82 Å². The summed E-state index contributed by atoms with van der Waals surface area (Å²) >= 11 is 1.73. The third-order valence-corrected chi connectivity index (χ3v) is 3.72. The van der Waals surface area contributed by atoms with Crippen LogP contribution in [0.15, 0.2) is 11.4 Å². The highest BCUT2D eigenvalue weighted by Crippen LogP contribution is 2.30. The van der Waals surface area contributed by atoms with Crippen molar-refractivity contribution in [3.8, 4) is 11.3 Å². The molecule has 0 aliphatic heterocycles. The normalized spacial score (nSPS) is 11.8. The number of aromatic nitrogens is 2. The molecule has 96 valence electrons. The Labute approximate surface area is 112 Å². The van der Waals surface area contributed by atoms with E-state index in [1.54, 1.807) is 11.3 Å². The lowest BCUT2D eigenvalue weighted by molar-refractivity contribution is 0.546. The topological polar surface area (TPSA) is 51.8 Å². The highest BCUT2D eigenvalue weighted by Gasteiger charge is 2.21. The Balaban J connectivity index is 2.63. The van der Waals surface area contributed by atoms with Gasteiger partial charge in [0, 0.05) is 26.8 Å². The van der Waals surface area contributed by atoms with Crippen molar-refractivity contribution >= 4 is 17.2 Å². The molecular weight excluding hydrogens is 242 g/mol. The summed E-state index contributed by atoms with van der Waals surface area (Å²) in [4.78, 5) is 10.4. The van der Waals surface area contributed by atoms with Crippen molar-refractivity contribution < 1.29 is 0 Å². The molecule has 0 atom stereocenters. The van der Waals surface area contributed by atoms with Gasteiger partial charge in [-0.3, -0.25) is 0 Å². The summed E-state index contributed by atoms with van der Waals surface area (Å²) < 4.78 is 0. The second-order valence-electron chi connectivity index (χ2n) is 5.60. The molecule has 0 spiro atoms. The first kappa shape index (κ1) is 13.0. The Bertz CT molecular complexity index is 579. The molecule has 0 fully saturated rings. The second-order valence-corrected chi connectivity index (χ2v) is 6.72. The molecule has 0 bridgehead atoms. The maximum absolute atomic E-state index is 6.01. The minimum Gasteiger partial charge on any atom is -0.383 e. The molecule has 0 aliphatic rings. The van der Waals surface area contributed by atoms with Gasteiger partial charge < -0.3 is 5.73 Å². The van der Waals surface area contributed by atoms with Crippen LogP contribution in [0.2, 0.25) is 0 Å². The second kappa shape index (κ2) is 4.35. The molecule has 4 heteroatoms. The fraction of sp³-hybridized carbons (Fsp3) is 0.429. The van der Waals surface area contributed by atoms with E-state index in [9.17, 15) is 0 Å². The highest BCUT2D eigenvalue weighted by atomic mass is 32.1. The summed E-state index contributed by atoms with van der Waals surface area (Å²) in [6, 6.07) is 2.14. The van der Waals surface area contributed by atoms with Crippen molar-refractivity contribution in [2.45, 2.75) is 40.0 Å². The van der Waals surface area contributed by atoms with Gasteiger partial charge in [0.1, 0.15) is 11.6 Å². The van der Waals surface area contributed by atoms with Crippen LogP contribution in [0, 0.1) is 13.8 Å². The Kier molecular flexibility index (Phi) is 3.15. The van der Waals surface area contributed by atoms with Gasteiger partial charge in [-0.25, -0.2) is 9.97 Å². The van der Waals surface area contributed by atoms with Gasteiger partial charge in [0.25, 0.3) is 0 Å². The molecular formula is C14H19N3S. The summed E-state index contributed by atoms with van der Waals surface area (Å²) in [7, 11) is 0. The molecule has 0 saturated heterocycles. The summed E-state index contributed by atoms with van der Waals surface area (Å²) in [5.41, 5.74) is 8.97. The SMILES string of the molecule is Cc1cc(-c2nc(C(C)(C)C)nc(N)c2C)cs1. The van der Waals surface area contributed by atoms with Crippen LogP contribution in [-0.4, -0.2) is 9.97 Å². The molecule has 2 rings (SSSR count). The Morgan fingerprint density at radius 2 is 1.83 bits per heavy atom. The van der Waals surface area contributed by atoms with E-state index in [2.05, 4.69) is 44.1 Å². The minimum absolute atomic E-state index is 0.0956. The van der Waals surface area contributed by atoms with Gasteiger partial charge in [-0.2, -0.15) is 0 Å². The summed E-state index contributed by atoms with van der Waals surface area (Å²) in [6.07, 6.45) is 0. The molecule has 18 heavy (non-hydrogen) atoms. The smallest absolute Gasteiger partial charge is 0.136 e.